The smallest absolute Gasteiger partial charge is 0.174 e. The molecule has 0 aliphatic carbocycles. The second kappa shape index (κ2) is 4.04. The number of amidine groups is 1. The fraction of sp³-hybridized carbons (Fsp3) is 0.125. The van der Waals surface area contributed by atoms with Crippen LogP contribution in [0.1, 0.15) is 5.56 Å². The minimum Gasteiger partial charge on any atom is -0.507 e. The first-order chi connectivity index (χ1) is 6.20. The molecule has 0 aromatic heterocycles. The maximum Gasteiger partial charge on any atom is 0.174 e. The van der Waals surface area contributed by atoms with E-state index in [9.17, 15) is 5.11 Å². The summed E-state index contributed by atoms with van der Waals surface area (Å²) in [5.41, 5.74) is 5.77. The van der Waals surface area contributed by atoms with Crippen molar-refractivity contribution in [2.45, 2.75) is 4.90 Å². The van der Waals surface area contributed by atoms with Crippen LogP contribution in [0.2, 0.25) is 0 Å². The zero-order chi connectivity index (χ0) is 9.84. The molecular weight excluding hydrogens is 188 g/mol. The molecule has 0 radical (unpaired) electrons. The molecule has 0 amide bonds. The van der Waals surface area contributed by atoms with Gasteiger partial charge in [0.1, 0.15) is 5.75 Å². The topological polar surface area (TPSA) is 78.8 Å². The van der Waals surface area contributed by atoms with Crippen molar-refractivity contribution in [1.82, 2.24) is 0 Å². The van der Waals surface area contributed by atoms with Crippen LogP contribution in [0.15, 0.2) is 28.3 Å². The van der Waals surface area contributed by atoms with Crippen molar-refractivity contribution < 1.29 is 10.3 Å². The van der Waals surface area contributed by atoms with E-state index < -0.39 is 0 Å². The van der Waals surface area contributed by atoms with Gasteiger partial charge in [0, 0.05) is 4.90 Å². The van der Waals surface area contributed by atoms with Crippen LogP contribution in [0.25, 0.3) is 0 Å². The molecule has 1 aromatic rings. The van der Waals surface area contributed by atoms with Crippen LogP contribution >= 0.6 is 11.8 Å². The zero-order valence-corrected chi connectivity index (χ0v) is 7.88. The molecule has 0 saturated carbocycles. The standard InChI is InChI=1S/C8H10N2O2S/c1-13-6-4-2-3-5(11)7(6)8(9)10-12/h2-4,11-12H,1H3,(H2,9,10). The summed E-state index contributed by atoms with van der Waals surface area (Å²) >= 11 is 1.42. The molecule has 0 aliphatic heterocycles. The Balaban J connectivity index is 3.31. The quantitative estimate of drug-likeness (QED) is 0.219. The third-order valence-corrected chi connectivity index (χ3v) is 2.37. The average molecular weight is 198 g/mol. The molecule has 0 bridgehead atoms. The normalized spacial score (nSPS) is 11.6. The second-order valence-corrected chi connectivity index (χ2v) is 3.19. The van der Waals surface area contributed by atoms with Crippen LogP contribution < -0.4 is 5.73 Å². The van der Waals surface area contributed by atoms with Gasteiger partial charge in [-0.3, -0.25) is 0 Å². The lowest BCUT2D eigenvalue weighted by Gasteiger charge is -2.06. The van der Waals surface area contributed by atoms with Crippen molar-refractivity contribution in [3.63, 3.8) is 0 Å². The first-order valence-electron chi connectivity index (χ1n) is 3.54. The van der Waals surface area contributed by atoms with E-state index in [1.165, 1.54) is 17.8 Å². The van der Waals surface area contributed by atoms with Gasteiger partial charge in [0.25, 0.3) is 0 Å². The molecule has 1 aromatic carbocycles. The van der Waals surface area contributed by atoms with Gasteiger partial charge in [-0.25, -0.2) is 0 Å². The highest BCUT2D eigenvalue weighted by molar-refractivity contribution is 7.98. The third kappa shape index (κ3) is 1.86. The molecule has 0 heterocycles. The van der Waals surface area contributed by atoms with E-state index in [2.05, 4.69) is 5.16 Å². The van der Waals surface area contributed by atoms with Crippen molar-refractivity contribution >= 4 is 17.6 Å². The molecule has 0 fully saturated rings. The van der Waals surface area contributed by atoms with Gasteiger partial charge < -0.3 is 16.0 Å². The number of aromatic hydroxyl groups is 1. The minimum atomic E-state index is -0.0811. The van der Waals surface area contributed by atoms with E-state index >= 15 is 0 Å². The Morgan fingerprint density at radius 1 is 1.54 bits per heavy atom. The number of benzene rings is 1. The predicted molar refractivity (Wildman–Crippen MR) is 52.4 cm³/mol. The average Bonchev–Trinajstić information content (AvgIpc) is 2.16. The molecule has 70 valence electrons. The SMILES string of the molecule is CSc1cccc(O)c1/C(N)=N/O. The van der Waals surface area contributed by atoms with E-state index in [-0.39, 0.29) is 11.6 Å². The molecule has 5 heteroatoms. The summed E-state index contributed by atoms with van der Waals surface area (Å²) in [5.74, 6) is -0.0652. The van der Waals surface area contributed by atoms with Crippen molar-refractivity contribution in [2.75, 3.05) is 6.26 Å². The molecule has 0 atom stereocenters. The number of hydrogen-bond donors (Lipinski definition) is 3. The Morgan fingerprint density at radius 3 is 2.77 bits per heavy atom. The third-order valence-electron chi connectivity index (χ3n) is 1.59. The fourth-order valence-corrected chi connectivity index (χ4v) is 1.63. The van der Waals surface area contributed by atoms with Gasteiger partial charge in [-0.05, 0) is 18.4 Å². The maximum absolute atomic E-state index is 9.44. The van der Waals surface area contributed by atoms with E-state index in [4.69, 9.17) is 10.9 Å². The van der Waals surface area contributed by atoms with Crippen molar-refractivity contribution in [3.8, 4) is 5.75 Å². The summed E-state index contributed by atoms with van der Waals surface area (Å²) < 4.78 is 0. The van der Waals surface area contributed by atoms with Crippen LogP contribution in [0.4, 0.5) is 0 Å². The number of nitrogens with zero attached hydrogens (tertiary/aromatic N) is 1. The monoisotopic (exact) mass is 198 g/mol. The van der Waals surface area contributed by atoms with Gasteiger partial charge in [-0.15, -0.1) is 11.8 Å². The molecule has 13 heavy (non-hydrogen) atoms. The molecule has 0 aliphatic rings. The zero-order valence-electron chi connectivity index (χ0n) is 7.06. The molecule has 0 unspecified atom stereocenters. The van der Waals surface area contributed by atoms with E-state index in [0.29, 0.717) is 5.56 Å². The van der Waals surface area contributed by atoms with Crippen molar-refractivity contribution in [1.29, 1.82) is 0 Å². The summed E-state index contributed by atoms with van der Waals surface area (Å²) in [4.78, 5) is 0.773. The van der Waals surface area contributed by atoms with Crippen LogP contribution in [-0.2, 0) is 0 Å². The molecule has 0 saturated heterocycles. The van der Waals surface area contributed by atoms with Gasteiger partial charge >= 0.3 is 0 Å². The van der Waals surface area contributed by atoms with Gasteiger partial charge in [0.15, 0.2) is 5.84 Å². The molecule has 4 N–H and O–H groups in total. The van der Waals surface area contributed by atoms with E-state index in [1.807, 2.05) is 6.26 Å². The van der Waals surface area contributed by atoms with E-state index in [1.54, 1.807) is 12.1 Å². The van der Waals surface area contributed by atoms with E-state index in [0.717, 1.165) is 4.90 Å². The Bertz CT molecular complexity index is 339. The Morgan fingerprint density at radius 2 is 2.23 bits per heavy atom. The van der Waals surface area contributed by atoms with Crippen LogP contribution in [0.3, 0.4) is 0 Å². The summed E-state index contributed by atoms with van der Waals surface area (Å²) in [6, 6.07) is 4.99. The number of phenols is 1. The lowest BCUT2D eigenvalue weighted by Crippen LogP contribution is -2.14. The Kier molecular flexibility index (Phi) is 3.02. The van der Waals surface area contributed by atoms with Gasteiger partial charge in [0.2, 0.25) is 0 Å². The first-order valence-corrected chi connectivity index (χ1v) is 4.77. The second-order valence-electron chi connectivity index (χ2n) is 2.34. The van der Waals surface area contributed by atoms with Crippen molar-refractivity contribution in [3.05, 3.63) is 23.8 Å². The Labute approximate surface area is 80.1 Å². The summed E-state index contributed by atoms with van der Waals surface area (Å²) in [6.45, 7) is 0. The maximum atomic E-state index is 9.44. The lowest BCUT2D eigenvalue weighted by atomic mass is 10.2. The number of oxime groups is 1. The highest BCUT2D eigenvalue weighted by Gasteiger charge is 2.10. The molecule has 1 rings (SSSR count). The number of nitrogens with two attached hydrogens (primary N) is 1. The number of thioether (sulfide) groups is 1. The molecule has 0 spiro atoms. The molecular formula is C8H10N2O2S. The van der Waals surface area contributed by atoms with Gasteiger partial charge in [0.05, 0.1) is 5.56 Å². The number of rotatable bonds is 2. The Hall–Kier alpha value is -1.36. The minimum absolute atomic E-state index is 0.0159. The highest BCUT2D eigenvalue weighted by atomic mass is 32.2. The number of phenolic OH excluding ortho intramolecular Hbond substituents is 1. The van der Waals surface area contributed by atoms with Crippen LogP contribution in [0, 0.1) is 0 Å². The fourth-order valence-electron chi connectivity index (χ4n) is 0.997. The van der Waals surface area contributed by atoms with Crippen LogP contribution in [0.5, 0.6) is 5.75 Å². The first kappa shape index (κ1) is 9.73. The van der Waals surface area contributed by atoms with Crippen molar-refractivity contribution in [2.24, 2.45) is 10.9 Å². The lowest BCUT2D eigenvalue weighted by molar-refractivity contribution is 0.318. The van der Waals surface area contributed by atoms with Gasteiger partial charge in [-0.2, -0.15) is 0 Å². The largest absolute Gasteiger partial charge is 0.507 e. The number of hydrogen-bond acceptors (Lipinski definition) is 4. The van der Waals surface area contributed by atoms with Gasteiger partial charge in [-0.1, -0.05) is 11.2 Å². The summed E-state index contributed by atoms with van der Waals surface area (Å²) in [7, 11) is 0. The predicted octanol–water partition coefficient (Wildman–Crippen LogP) is 1.21. The molecule has 4 nitrogen and oxygen atoms in total. The highest BCUT2D eigenvalue weighted by Crippen LogP contribution is 2.27. The summed E-state index contributed by atoms with van der Waals surface area (Å²) in [5, 5.41) is 20.8. The van der Waals surface area contributed by atoms with Crippen LogP contribution in [-0.4, -0.2) is 22.4 Å². The summed E-state index contributed by atoms with van der Waals surface area (Å²) in [6.07, 6.45) is 1.85.